The van der Waals surface area contributed by atoms with Crippen LogP contribution in [0.25, 0.3) is 0 Å². The molecular weight excluding hydrogens is 464 g/mol. The lowest BCUT2D eigenvalue weighted by Gasteiger charge is -2.27. The maximum Gasteiger partial charge on any atom is 0.352 e. The molecule has 34 heavy (non-hydrogen) atoms. The van der Waals surface area contributed by atoms with Gasteiger partial charge in [-0.05, 0) is 74.1 Å². The lowest BCUT2D eigenvalue weighted by molar-refractivity contribution is 0.289. The minimum Gasteiger partial charge on any atom is -0.473 e. The lowest BCUT2D eigenvalue weighted by Crippen LogP contribution is -2.38. The van der Waals surface area contributed by atoms with Crippen LogP contribution in [-0.2, 0) is 13.2 Å². The highest BCUT2D eigenvalue weighted by Crippen LogP contribution is 2.53. The number of rotatable bonds is 5. The molecule has 6 rings (SSSR count). The quantitative estimate of drug-likeness (QED) is 0.486. The van der Waals surface area contributed by atoms with E-state index in [0.717, 1.165) is 49.2 Å². The third-order valence-corrected chi connectivity index (χ3v) is 7.65. The number of anilines is 1. The normalized spacial score (nSPS) is 22.1. The molecule has 0 atom stereocenters. The van der Waals surface area contributed by atoms with E-state index in [1.807, 2.05) is 0 Å². The number of aromatic nitrogens is 2. The Kier molecular flexibility index (Phi) is 4.85. The van der Waals surface area contributed by atoms with E-state index in [-0.39, 0.29) is 35.0 Å². The van der Waals surface area contributed by atoms with Gasteiger partial charge in [0, 0.05) is 17.1 Å². The van der Waals surface area contributed by atoms with E-state index >= 15 is 0 Å². The van der Waals surface area contributed by atoms with Crippen molar-refractivity contribution in [3.05, 3.63) is 74.7 Å². The van der Waals surface area contributed by atoms with Gasteiger partial charge in [0.1, 0.15) is 18.2 Å². The minimum absolute atomic E-state index is 0.0296. The number of benzene rings is 2. The Morgan fingerprint density at radius 2 is 1.88 bits per heavy atom. The van der Waals surface area contributed by atoms with Gasteiger partial charge in [-0.1, -0.05) is 11.6 Å². The van der Waals surface area contributed by atoms with E-state index < -0.39 is 17.4 Å². The number of ether oxygens (including phenoxy) is 2. The highest BCUT2D eigenvalue weighted by molar-refractivity contribution is 6.31. The molecule has 0 amide bonds. The van der Waals surface area contributed by atoms with E-state index in [0.29, 0.717) is 17.6 Å². The first-order valence-corrected chi connectivity index (χ1v) is 11.7. The zero-order valence-corrected chi connectivity index (χ0v) is 19.2. The summed E-state index contributed by atoms with van der Waals surface area (Å²) in [5.74, 6) is -0.964. The van der Waals surface area contributed by atoms with Crippen molar-refractivity contribution in [2.75, 3.05) is 4.90 Å². The summed E-state index contributed by atoms with van der Waals surface area (Å²) in [4.78, 5) is 19.0. The molecule has 2 aromatic carbocycles. The molecule has 3 aliphatic heterocycles. The summed E-state index contributed by atoms with van der Waals surface area (Å²) >= 11 is 5.99. The highest BCUT2D eigenvalue weighted by Gasteiger charge is 2.56. The fourth-order valence-electron chi connectivity index (χ4n) is 5.63. The molecule has 2 fully saturated rings. The zero-order chi connectivity index (χ0) is 23.6. The van der Waals surface area contributed by atoms with Crippen molar-refractivity contribution in [3.63, 3.8) is 0 Å². The van der Waals surface area contributed by atoms with Crippen molar-refractivity contribution in [2.24, 2.45) is 0 Å². The molecule has 4 heterocycles. The van der Waals surface area contributed by atoms with Gasteiger partial charge < -0.3 is 14.4 Å². The molecule has 2 bridgehead atoms. The fraction of sp³-hybridized carbons (Fsp3) is 0.360. The highest BCUT2D eigenvalue weighted by atomic mass is 35.5. The average molecular weight is 486 g/mol. The van der Waals surface area contributed by atoms with Crippen LogP contribution in [0.3, 0.4) is 0 Å². The first kappa shape index (κ1) is 21.4. The molecule has 0 aliphatic carbocycles. The molecule has 0 N–H and O–H groups in total. The van der Waals surface area contributed by atoms with Crippen molar-refractivity contribution in [3.8, 4) is 17.4 Å². The molecule has 2 saturated heterocycles. The molecule has 0 spiro atoms. The summed E-state index contributed by atoms with van der Waals surface area (Å²) in [7, 11) is 0. The van der Waals surface area contributed by atoms with E-state index in [2.05, 4.69) is 9.88 Å². The fourth-order valence-corrected chi connectivity index (χ4v) is 5.75. The van der Waals surface area contributed by atoms with Crippen LogP contribution in [0.15, 0.2) is 41.2 Å². The Morgan fingerprint density at radius 1 is 1.15 bits per heavy atom. The second-order valence-electron chi connectivity index (χ2n) is 9.34. The zero-order valence-electron chi connectivity index (χ0n) is 18.5. The third-order valence-electron chi connectivity index (χ3n) is 7.22. The van der Waals surface area contributed by atoms with Gasteiger partial charge in [-0.2, -0.15) is 4.98 Å². The Bertz CT molecular complexity index is 1340. The summed E-state index contributed by atoms with van der Waals surface area (Å²) in [6.45, 7) is 2.30. The van der Waals surface area contributed by atoms with Crippen LogP contribution in [0.1, 0.15) is 36.8 Å². The van der Waals surface area contributed by atoms with Crippen molar-refractivity contribution >= 4 is 17.4 Å². The summed E-state index contributed by atoms with van der Waals surface area (Å²) in [5.41, 5.74) is 0.661. The molecule has 3 aromatic rings. The molecule has 6 nitrogen and oxygen atoms in total. The SMILES string of the molecule is Cc1cc(Oc2c(F)cc(COc3cc4n(c(=O)n3)CC35CCC(CC3)N45)cc2F)ccc1Cl. The molecule has 9 heteroatoms. The van der Waals surface area contributed by atoms with Gasteiger partial charge in [-0.15, -0.1) is 0 Å². The van der Waals surface area contributed by atoms with E-state index in [4.69, 9.17) is 21.1 Å². The predicted molar refractivity (Wildman–Crippen MR) is 123 cm³/mol. The van der Waals surface area contributed by atoms with Gasteiger partial charge in [-0.25, -0.2) is 13.6 Å². The summed E-state index contributed by atoms with van der Waals surface area (Å²) < 4.78 is 42.1. The number of nitrogens with zero attached hydrogens (tertiary/aromatic N) is 3. The van der Waals surface area contributed by atoms with Gasteiger partial charge in [-0.3, -0.25) is 4.57 Å². The minimum atomic E-state index is -0.858. The Morgan fingerprint density at radius 3 is 2.59 bits per heavy atom. The Labute approximate surface area is 199 Å². The van der Waals surface area contributed by atoms with E-state index in [9.17, 15) is 13.6 Å². The summed E-state index contributed by atoms with van der Waals surface area (Å²) in [6, 6.07) is 9.26. The first-order valence-electron chi connectivity index (χ1n) is 11.3. The van der Waals surface area contributed by atoms with Crippen molar-refractivity contribution in [2.45, 2.75) is 57.3 Å². The third kappa shape index (κ3) is 3.35. The van der Waals surface area contributed by atoms with Crippen LogP contribution in [0.5, 0.6) is 17.4 Å². The largest absolute Gasteiger partial charge is 0.473 e. The number of halogens is 3. The van der Waals surface area contributed by atoms with Crippen LogP contribution in [-0.4, -0.2) is 21.1 Å². The lowest BCUT2D eigenvalue weighted by atomic mass is 9.88. The molecular formula is C25H22ClF2N3O3. The molecule has 3 aliphatic rings. The van der Waals surface area contributed by atoms with Gasteiger partial charge >= 0.3 is 5.69 Å². The van der Waals surface area contributed by atoms with E-state index in [1.165, 1.54) is 0 Å². The van der Waals surface area contributed by atoms with Crippen molar-refractivity contribution < 1.29 is 18.3 Å². The predicted octanol–water partition coefficient (Wildman–Crippen LogP) is 5.37. The monoisotopic (exact) mass is 485 g/mol. The summed E-state index contributed by atoms with van der Waals surface area (Å²) in [6.07, 6.45) is 4.43. The number of hydrogen-bond acceptors (Lipinski definition) is 5. The van der Waals surface area contributed by atoms with Crippen LogP contribution in [0, 0.1) is 18.6 Å². The van der Waals surface area contributed by atoms with Crippen LogP contribution >= 0.6 is 11.6 Å². The topological polar surface area (TPSA) is 56.6 Å². The average Bonchev–Trinajstić information content (AvgIpc) is 3.43. The van der Waals surface area contributed by atoms with Gasteiger partial charge in [0.15, 0.2) is 17.4 Å². The number of aryl methyl sites for hydroxylation is 1. The second kappa shape index (κ2) is 7.70. The maximum atomic E-state index is 14.7. The number of hydrogen-bond donors (Lipinski definition) is 0. The smallest absolute Gasteiger partial charge is 0.352 e. The van der Waals surface area contributed by atoms with Crippen molar-refractivity contribution in [1.29, 1.82) is 0 Å². The maximum absolute atomic E-state index is 14.7. The van der Waals surface area contributed by atoms with Gasteiger partial charge in [0.05, 0.1) is 12.1 Å². The van der Waals surface area contributed by atoms with Gasteiger partial charge in [0.2, 0.25) is 5.88 Å². The second-order valence-corrected chi connectivity index (χ2v) is 9.74. The molecule has 0 radical (unpaired) electrons. The Hall–Kier alpha value is -3.13. The standard InChI is InChI=1S/C25H22ClF2N3O3/c1-14-8-17(2-3-18(14)26)34-23-19(27)9-15(10-20(23)28)12-33-21-11-22-30(24(32)29-21)13-25-6-4-16(5-7-25)31(22)25/h2-3,8-11,16H,4-7,12-13H2,1H3. The Balaban J connectivity index is 1.21. The number of fused-ring (bicyclic) bond motifs is 1. The molecule has 1 aromatic heterocycles. The molecule has 176 valence electrons. The van der Waals surface area contributed by atoms with Crippen molar-refractivity contribution in [1.82, 2.24) is 9.55 Å². The van der Waals surface area contributed by atoms with Crippen LogP contribution in [0.2, 0.25) is 5.02 Å². The molecule has 0 saturated carbocycles. The van der Waals surface area contributed by atoms with Gasteiger partial charge in [0.25, 0.3) is 0 Å². The first-order chi connectivity index (χ1) is 16.3. The van der Waals surface area contributed by atoms with Crippen LogP contribution < -0.4 is 20.1 Å². The summed E-state index contributed by atoms with van der Waals surface area (Å²) in [5, 5.41) is 0.535. The van der Waals surface area contributed by atoms with Crippen LogP contribution in [0.4, 0.5) is 14.6 Å². The molecule has 0 unspecified atom stereocenters. The van der Waals surface area contributed by atoms with E-state index in [1.54, 1.807) is 35.8 Å².